The molecule has 0 unspecified atom stereocenters. The molecular formula is C14H14ClNO3. The molecule has 0 aliphatic rings. The first-order valence-electron chi connectivity index (χ1n) is 5.53. The lowest BCUT2D eigenvalue weighted by Crippen LogP contribution is -2.25. The van der Waals surface area contributed by atoms with Crippen molar-refractivity contribution in [1.82, 2.24) is 5.32 Å². The van der Waals surface area contributed by atoms with Gasteiger partial charge < -0.3 is 10.1 Å². The Balaban J connectivity index is 2.89. The summed E-state index contributed by atoms with van der Waals surface area (Å²) in [6, 6.07) is 7.28. The van der Waals surface area contributed by atoms with Crippen LogP contribution in [0, 0.1) is 0 Å². The SMILES string of the molecule is COC(=O)/C(=C/C=C/c1ccccc1Cl)NC(C)=O. The fraction of sp³-hybridized carbons (Fsp3) is 0.143. The number of halogens is 1. The van der Waals surface area contributed by atoms with Crippen molar-refractivity contribution in [3.63, 3.8) is 0 Å². The van der Waals surface area contributed by atoms with Gasteiger partial charge in [0, 0.05) is 11.9 Å². The van der Waals surface area contributed by atoms with Crippen molar-refractivity contribution in [2.75, 3.05) is 7.11 Å². The zero-order chi connectivity index (χ0) is 14.3. The van der Waals surface area contributed by atoms with Crippen molar-refractivity contribution in [3.8, 4) is 0 Å². The summed E-state index contributed by atoms with van der Waals surface area (Å²) in [6.07, 6.45) is 4.80. The molecule has 4 nitrogen and oxygen atoms in total. The van der Waals surface area contributed by atoms with Gasteiger partial charge in [-0.25, -0.2) is 4.79 Å². The zero-order valence-corrected chi connectivity index (χ0v) is 11.4. The summed E-state index contributed by atoms with van der Waals surface area (Å²) >= 11 is 5.98. The van der Waals surface area contributed by atoms with Gasteiger partial charge in [0.1, 0.15) is 5.70 Å². The molecule has 0 aliphatic carbocycles. The fourth-order valence-electron chi connectivity index (χ4n) is 1.32. The molecule has 0 aromatic heterocycles. The maximum atomic E-state index is 11.4. The Morgan fingerprint density at radius 1 is 1.32 bits per heavy atom. The second-order valence-corrected chi connectivity index (χ2v) is 4.04. The predicted molar refractivity (Wildman–Crippen MR) is 74.4 cm³/mol. The van der Waals surface area contributed by atoms with Gasteiger partial charge in [-0.05, 0) is 17.7 Å². The third-order valence-corrected chi connectivity index (χ3v) is 2.50. The van der Waals surface area contributed by atoms with Crippen LogP contribution in [0.15, 0.2) is 42.1 Å². The van der Waals surface area contributed by atoms with E-state index in [-0.39, 0.29) is 11.6 Å². The largest absolute Gasteiger partial charge is 0.464 e. The van der Waals surface area contributed by atoms with Crippen molar-refractivity contribution in [3.05, 3.63) is 52.7 Å². The molecule has 0 radical (unpaired) electrons. The molecule has 1 N–H and O–H groups in total. The van der Waals surface area contributed by atoms with E-state index in [1.807, 2.05) is 18.2 Å². The molecule has 0 atom stereocenters. The minimum atomic E-state index is -0.612. The number of methoxy groups -OCH3 is 1. The highest BCUT2D eigenvalue weighted by atomic mass is 35.5. The van der Waals surface area contributed by atoms with Crippen molar-refractivity contribution < 1.29 is 14.3 Å². The summed E-state index contributed by atoms with van der Waals surface area (Å²) in [6.45, 7) is 1.31. The number of benzene rings is 1. The summed E-state index contributed by atoms with van der Waals surface area (Å²) < 4.78 is 4.56. The fourth-order valence-corrected chi connectivity index (χ4v) is 1.52. The van der Waals surface area contributed by atoms with Gasteiger partial charge in [0.2, 0.25) is 5.91 Å². The summed E-state index contributed by atoms with van der Waals surface area (Å²) in [7, 11) is 1.25. The Morgan fingerprint density at radius 2 is 2.00 bits per heavy atom. The van der Waals surface area contributed by atoms with Crippen LogP contribution in [0.4, 0.5) is 0 Å². The molecule has 0 heterocycles. The van der Waals surface area contributed by atoms with Crippen LogP contribution >= 0.6 is 11.6 Å². The lowest BCUT2D eigenvalue weighted by Gasteiger charge is -2.04. The smallest absolute Gasteiger partial charge is 0.354 e. The van der Waals surface area contributed by atoms with E-state index < -0.39 is 5.97 Å². The van der Waals surface area contributed by atoms with Crippen LogP contribution in [0.2, 0.25) is 5.02 Å². The summed E-state index contributed by atoms with van der Waals surface area (Å²) in [5, 5.41) is 3.00. The first-order valence-corrected chi connectivity index (χ1v) is 5.91. The Bertz CT molecular complexity index is 535. The highest BCUT2D eigenvalue weighted by Crippen LogP contribution is 2.16. The average Bonchev–Trinajstić information content (AvgIpc) is 2.38. The van der Waals surface area contributed by atoms with Gasteiger partial charge >= 0.3 is 5.97 Å². The van der Waals surface area contributed by atoms with Crippen LogP contribution in [-0.4, -0.2) is 19.0 Å². The average molecular weight is 280 g/mol. The van der Waals surface area contributed by atoms with Crippen LogP contribution in [0.1, 0.15) is 12.5 Å². The lowest BCUT2D eigenvalue weighted by molar-refractivity contribution is -0.137. The second kappa shape index (κ2) is 7.38. The van der Waals surface area contributed by atoms with Gasteiger partial charge in [0.25, 0.3) is 0 Å². The van der Waals surface area contributed by atoms with Gasteiger partial charge in [-0.1, -0.05) is 42.0 Å². The Kier molecular flexibility index (Phi) is 5.82. The van der Waals surface area contributed by atoms with Crippen LogP contribution < -0.4 is 5.32 Å². The van der Waals surface area contributed by atoms with E-state index in [4.69, 9.17) is 11.6 Å². The first kappa shape index (κ1) is 15.0. The van der Waals surface area contributed by atoms with Crippen LogP contribution in [0.5, 0.6) is 0 Å². The quantitative estimate of drug-likeness (QED) is 0.523. The number of hydrogen-bond donors (Lipinski definition) is 1. The standard InChI is InChI=1S/C14H14ClNO3/c1-10(17)16-13(14(18)19-2)9-5-7-11-6-3-4-8-12(11)15/h3-9H,1-2H3,(H,16,17)/b7-5+,13-9-. The van der Waals surface area contributed by atoms with Crippen molar-refractivity contribution >= 4 is 29.6 Å². The molecule has 0 fully saturated rings. The van der Waals surface area contributed by atoms with E-state index in [9.17, 15) is 9.59 Å². The summed E-state index contributed by atoms with van der Waals surface area (Å²) in [4.78, 5) is 22.3. The third kappa shape index (κ3) is 4.97. The van der Waals surface area contributed by atoms with Gasteiger partial charge in [-0.3, -0.25) is 4.79 Å². The Labute approximate surface area is 116 Å². The number of esters is 1. The molecule has 1 aromatic carbocycles. The van der Waals surface area contributed by atoms with Crippen molar-refractivity contribution in [2.24, 2.45) is 0 Å². The van der Waals surface area contributed by atoms with Crippen molar-refractivity contribution in [2.45, 2.75) is 6.92 Å². The molecule has 0 aliphatic heterocycles. The van der Waals surface area contributed by atoms with Crippen LogP contribution in [0.25, 0.3) is 6.08 Å². The molecule has 0 bridgehead atoms. The van der Waals surface area contributed by atoms with E-state index >= 15 is 0 Å². The number of carbonyl (C=O) groups excluding carboxylic acids is 2. The number of ether oxygens (including phenoxy) is 1. The molecule has 1 aromatic rings. The maximum absolute atomic E-state index is 11.4. The summed E-state index contributed by atoms with van der Waals surface area (Å²) in [5.74, 6) is -0.957. The second-order valence-electron chi connectivity index (χ2n) is 3.63. The molecule has 0 saturated heterocycles. The molecule has 19 heavy (non-hydrogen) atoms. The van der Waals surface area contributed by atoms with Gasteiger partial charge in [-0.15, -0.1) is 0 Å². The van der Waals surface area contributed by atoms with E-state index in [0.29, 0.717) is 5.02 Å². The third-order valence-electron chi connectivity index (χ3n) is 2.16. The molecule has 0 saturated carbocycles. The maximum Gasteiger partial charge on any atom is 0.354 e. The Morgan fingerprint density at radius 3 is 2.58 bits per heavy atom. The molecule has 0 spiro atoms. The lowest BCUT2D eigenvalue weighted by atomic mass is 10.2. The molecular weight excluding hydrogens is 266 g/mol. The predicted octanol–water partition coefficient (Wildman–Crippen LogP) is 2.55. The Hall–Kier alpha value is -2.07. The molecule has 1 amide bonds. The van der Waals surface area contributed by atoms with E-state index in [1.165, 1.54) is 20.1 Å². The number of carbonyl (C=O) groups is 2. The number of nitrogens with one attached hydrogen (secondary N) is 1. The highest BCUT2D eigenvalue weighted by molar-refractivity contribution is 6.32. The monoisotopic (exact) mass is 279 g/mol. The van der Waals surface area contributed by atoms with Gasteiger partial charge in [0.15, 0.2) is 0 Å². The topological polar surface area (TPSA) is 55.4 Å². The zero-order valence-electron chi connectivity index (χ0n) is 10.6. The number of allylic oxidation sites excluding steroid dienone is 2. The summed E-state index contributed by atoms with van der Waals surface area (Å²) in [5.41, 5.74) is 0.880. The van der Waals surface area contributed by atoms with E-state index in [0.717, 1.165) is 5.56 Å². The van der Waals surface area contributed by atoms with Gasteiger partial charge in [-0.2, -0.15) is 0 Å². The normalized spacial score (nSPS) is 11.4. The number of hydrogen-bond acceptors (Lipinski definition) is 3. The minimum absolute atomic E-state index is 0.0679. The molecule has 100 valence electrons. The molecule has 5 heteroatoms. The van der Waals surface area contributed by atoms with E-state index in [1.54, 1.807) is 18.2 Å². The molecule has 1 rings (SSSR count). The minimum Gasteiger partial charge on any atom is -0.464 e. The number of rotatable bonds is 4. The van der Waals surface area contributed by atoms with Crippen LogP contribution in [-0.2, 0) is 14.3 Å². The van der Waals surface area contributed by atoms with E-state index in [2.05, 4.69) is 10.1 Å². The number of amides is 1. The van der Waals surface area contributed by atoms with Crippen molar-refractivity contribution in [1.29, 1.82) is 0 Å². The van der Waals surface area contributed by atoms with Crippen LogP contribution in [0.3, 0.4) is 0 Å². The van der Waals surface area contributed by atoms with Gasteiger partial charge in [0.05, 0.1) is 7.11 Å². The first-order chi connectivity index (χ1) is 9.04. The highest BCUT2D eigenvalue weighted by Gasteiger charge is 2.09.